The molecule has 0 saturated carbocycles. The van der Waals surface area contributed by atoms with Crippen molar-refractivity contribution >= 4 is 44.6 Å². The second-order valence-corrected chi connectivity index (χ2v) is 8.38. The molecule has 0 aromatic heterocycles. The molecule has 2 aromatic carbocycles. The highest BCUT2D eigenvalue weighted by molar-refractivity contribution is 7.92. The van der Waals surface area contributed by atoms with Crippen LogP contribution in [0.1, 0.15) is 5.56 Å². The fourth-order valence-corrected chi connectivity index (χ4v) is 3.45. The maximum absolute atomic E-state index is 12.5. The molecular formula is C18H18N4O7S. The van der Waals surface area contributed by atoms with Crippen LogP contribution in [0.15, 0.2) is 36.4 Å². The number of carbonyl (C=O) groups excluding carboxylic acids is 2. The van der Waals surface area contributed by atoms with Crippen molar-refractivity contribution in [3.8, 4) is 5.75 Å². The molecule has 0 atom stereocenters. The number of carbonyl (C=O) groups is 2. The number of ether oxygens (including phenoxy) is 1. The van der Waals surface area contributed by atoms with Gasteiger partial charge in [-0.05, 0) is 30.7 Å². The number of aryl methyl sites for hydroxylation is 1. The van der Waals surface area contributed by atoms with Gasteiger partial charge in [-0.1, -0.05) is 6.07 Å². The number of hydrogen-bond acceptors (Lipinski definition) is 7. The standard InChI is InChI=1S/C18H18N4O7S/c1-11-3-4-12(7-14(11)20-30(2,27)28)19-17(23)9-21-15-8-13(22(25)26)5-6-16(15)29-10-18(21)24/h3-8,20H,9-10H2,1-2H3,(H,19,23). The second-order valence-electron chi connectivity index (χ2n) is 6.63. The van der Waals surface area contributed by atoms with Gasteiger partial charge >= 0.3 is 0 Å². The first-order valence-corrected chi connectivity index (χ1v) is 10.5. The number of nitro groups is 1. The van der Waals surface area contributed by atoms with Crippen LogP contribution < -0.4 is 19.7 Å². The van der Waals surface area contributed by atoms with E-state index in [1.54, 1.807) is 19.1 Å². The van der Waals surface area contributed by atoms with E-state index in [0.29, 0.717) is 16.9 Å². The summed E-state index contributed by atoms with van der Waals surface area (Å²) < 4.78 is 30.6. The number of rotatable bonds is 6. The van der Waals surface area contributed by atoms with Gasteiger partial charge in [0, 0.05) is 17.8 Å². The number of nitrogens with one attached hydrogen (secondary N) is 2. The highest BCUT2D eigenvalue weighted by Gasteiger charge is 2.29. The maximum atomic E-state index is 12.5. The van der Waals surface area contributed by atoms with E-state index in [4.69, 9.17) is 4.74 Å². The quantitative estimate of drug-likeness (QED) is 0.519. The van der Waals surface area contributed by atoms with Crippen molar-refractivity contribution in [2.45, 2.75) is 6.92 Å². The maximum Gasteiger partial charge on any atom is 0.271 e. The Labute approximate surface area is 171 Å². The van der Waals surface area contributed by atoms with Gasteiger partial charge in [0.15, 0.2) is 6.61 Å². The molecule has 0 aliphatic carbocycles. The normalized spacial score (nSPS) is 13.3. The van der Waals surface area contributed by atoms with E-state index >= 15 is 0 Å². The first kappa shape index (κ1) is 21.0. The minimum Gasteiger partial charge on any atom is -0.482 e. The van der Waals surface area contributed by atoms with Crippen LogP contribution in [0.2, 0.25) is 0 Å². The Kier molecular flexibility index (Phi) is 5.60. The van der Waals surface area contributed by atoms with Gasteiger partial charge < -0.3 is 10.1 Å². The zero-order valence-corrected chi connectivity index (χ0v) is 16.9. The topological polar surface area (TPSA) is 148 Å². The molecule has 0 bridgehead atoms. The summed E-state index contributed by atoms with van der Waals surface area (Å²) in [4.78, 5) is 36.3. The summed E-state index contributed by atoms with van der Waals surface area (Å²) in [6.07, 6.45) is 1.01. The third-order valence-corrected chi connectivity index (χ3v) is 4.81. The molecule has 2 amide bonds. The van der Waals surface area contributed by atoms with Crippen molar-refractivity contribution in [1.82, 2.24) is 0 Å². The van der Waals surface area contributed by atoms with E-state index in [1.807, 2.05) is 0 Å². The lowest BCUT2D eigenvalue weighted by atomic mass is 10.2. The number of amides is 2. The second kappa shape index (κ2) is 7.99. The molecule has 2 aromatic rings. The Bertz CT molecular complexity index is 1150. The zero-order chi connectivity index (χ0) is 22.1. The average molecular weight is 434 g/mol. The summed E-state index contributed by atoms with van der Waals surface area (Å²) in [6, 6.07) is 8.44. The first-order chi connectivity index (χ1) is 14.0. The highest BCUT2D eigenvalue weighted by Crippen LogP contribution is 2.35. The lowest BCUT2D eigenvalue weighted by Gasteiger charge is -2.28. The lowest BCUT2D eigenvalue weighted by Crippen LogP contribution is -2.43. The predicted octanol–water partition coefficient (Wildman–Crippen LogP) is 1.64. The Morgan fingerprint density at radius 3 is 2.67 bits per heavy atom. The van der Waals surface area contributed by atoms with Crippen LogP contribution in [-0.2, 0) is 19.6 Å². The largest absolute Gasteiger partial charge is 0.482 e. The molecule has 158 valence electrons. The van der Waals surface area contributed by atoms with Crippen molar-refractivity contribution in [3.05, 3.63) is 52.1 Å². The van der Waals surface area contributed by atoms with Crippen LogP contribution in [0.25, 0.3) is 0 Å². The average Bonchev–Trinajstić information content (AvgIpc) is 2.65. The molecule has 0 fully saturated rings. The van der Waals surface area contributed by atoms with Gasteiger partial charge in [-0.15, -0.1) is 0 Å². The minimum atomic E-state index is -3.50. The minimum absolute atomic E-state index is 0.124. The Balaban J connectivity index is 1.80. The number of nitro benzene ring substituents is 1. The number of non-ortho nitro benzene ring substituents is 1. The van der Waals surface area contributed by atoms with Crippen LogP contribution in [0.3, 0.4) is 0 Å². The lowest BCUT2D eigenvalue weighted by molar-refractivity contribution is -0.384. The molecule has 0 radical (unpaired) electrons. The predicted molar refractivity (Wildman–Crippen MR) is 109 cm³/mol. The number of anilines is 3. The van der Waals surface area contributed by atoms with Crippen LogP contribution in [0.5, 0.6) is 5.75 Å². The fraction of sp³-hybridized carbons (Fsp3) is 0.222. The molecule has 3 rings (SSSR count). The van der Waals surface area contributed by atoms with Gasteiger partial charge in [0.05, 0.1) is 22.6 Å². The van der Waals surface area contributed by atoms with Crippen molar-refractivity contribution in [3.63, 3.8) is 0 Å². The van der Waals surface area contributed by atoms with E-state index in [1.165, 1.54) is 24.3 Å². The van der Waals surface area contributed by atoms with E-state index in [2.05, 4.69) is 10.0 Å². The number of sulfonamides is 1. The smallest absolute Gasteiger partial charge is 0.271 e. The number of hydrogen-bond donors (Lipinski definition) is 2. The molecule has 1 heterocycles. The van der Waals surface area contributed by atoms with E-state index < -0.39 is 33.3 Å². The molecule has 1 aliphatic rings. The summed E-state index contributed by atoms with van der Waals surface area (Å²) in [5.41, 5.74) is 1.16. The van der Waals surface area contributed by atoms with E-state index in [-0.39, 0.29) is 23.7 Å². The molecule has 30 heavy (non-hydrogen) atoms. The molecule has 2 N–H and O–H groups in total. The molecule has 0 spiro atoms. The molecule has 12 heteroatoms. The molecule has 0 saturated heterocycles. The van der Waals surface area contributed by atoms with E-state index in [9.17, 15) is 28.1 Å². The third kappa shape index (κ3) is 4.84. The number of fused-ring (bicyclic) bond motifs is 1. The van der Waals surface area contributed by atoms with Crippen LogP contribution in [0.4, 0.5) is 22.7 Å². The summed E-state index contributed by atoms with van der Waals surface area (Å²) >= 11 is 0. The summed E-state index contributed by atoms with van der Waals surface area (Å²) in [6.45, 7) is 0.999. The van der Waals surface area contributed by atoms with Gasteiger partial charge in [0.25, 0.3) is 11.6 Å². The molecule has 1 aliphatic heterocycles. The van der Waals surface area contributed by atoms with Gasteiger partial charge in [0.2, 0.25) is 15.9 Å². The SMILES string of the molecule is Cc1ccc(NC(=O)CN2C(=O)COc3ccc([N+](=O)[O-])cc32)cc1NS(C)(=O)=O. The Hall–Kier alpha value is -3.67. The molecular weight excluding hydrogens is 416 g/mol. The molecule has 11 nitrogen and oxygen atoms in total. The van der Waals surface area contributed by atoms with E-state index in [0.717, 1.165) is 11.2 Å². The monoisotopic (exact) mass is 434 g/mol. The number of nitrogens with zero attached hydrogens (tertiary/aromatic N) is 2. The van der Waals surface area contributed by atoms with Crippen molar-refractivity contribution in [2.24, 2.45) is 0 Å². The fourth-order valence-electron chi connectivity index (χ4n) is 2.83. The molecule has 0 unspecified atom stereocenters. The van der Waals surface area contributed by atoms with Crippen molar-refractivity contribution in [1.29, 1.82) is 0 Å². The van der Waals surface area contributed by atoms with Gasteiger partial charge in [-0.25, -0.2) is 8.42 Å². The van der Waals surface area contributed by atoms with Crippen LogP contribution in [-0.4, -0.2) is 44.6 Å². The summed E-state index contributed by atoms with van der Waals surface area (Å²) in [7, 11) is -3.50. The summed E-state index contributed by atoms with van der Waals surface area (Å²) in [5, 5.41) is 13.6. The Morgan fingerprint density at radius 2 is 2.00 bits per heavy atom. The highest BCUT2D eigenvalue weighted by atomic mass is 32.2. The van der Waals surface area contributed by atoms with Gasteiger partial charge in [-0.2, -0.15) is 0 Å². The van der Waals surface area contributed by atoms with Crippen LogP contribution in [0, 0.1) is 17.0 Å². The van der Waals surface area contributed by atoms with Crippen LogP contribution >= 0.6 is 0 Å². The number of benzene rings is 2. The zero-order valence-electron chi connectivity index (χ0n) is 16.0. The Morgan fingerprint density at radius 1 is 1.27 bits per heavy atom. The first-order valence-electron chi connectivity index (χ1n) is 8.63. The van der Waals surface area contributed by atoms with Crippen molar-refractivity contribution < 1.29 is 27.7 Å². The third-order valence-electron chi connectivity index (χ3n) is 4.21. The van der Waals surface area contributed by atoms with Gasteiger partial charge in [0.1, 0.15) is 12.3 Å². The van der Waals surface area contributed by atoms with Gasteiger partial charge in [-0.3, -0.25) is 29.3 Å². The van der Waals surface area contributed by atoms with Crippen molar-refractivity contribution in [2.75, 3.05) is 34.3 Å². The summed E-state index contributed by atoms with van der Waals surface area (Å²) in [5.74, 6) is -0.846.